The average Bonchev–Trinajstić information content (AvgIpc) is 2.85. The summed E-state index contributed by atoms with van der Waals surface area (Å²) in [5, 5.41) is 23.8. The third-order valence-electron chi connectivity index (χ3n) is 4.82. The van der Waals surface area contributed by atoms with E-state index >= 15 is 0 Å². The zero-order valence-corrected chi connectivity index (χ0v) is 18.4. The van der Waals surface area contributed by atoms with E-state index in [9.17, 15) is 14.9 Å². The number of nitrogens with zero attached hydrogens (tertiary/aromatic N) is 3. The number of methoxy groups -OCH3 is 1. The quantitative estimate of drug-likeness (QED) is 0.358. The summed E-state index contributed by atoms with van der Waals surface area (Å²) in [6.45, 7) is 0. The van der Waals surface area contributed by atoms with Gasteiger partial charge >= 0.3 is 0 Å². The van der Waals surface area contributed by atoms with Gasteiger partial charge in [-0.2, -0.15) is 10.5 Å². The molecule has 7 heteroatoms. The molecular formula is C26H17FN4OS. The highest BCUT2D eigenvalue weighted by Gasteiger charge is 2.23. The molecule has 0 amide bonds. The molecule has 3 aromatic carbocycles. The van der Waals surface area contributed by atoms with E-state index < -0.39 is 5.82 Å². The fourth-order valence-corrected chi connectivity index (χ4v) is 4.21. The Kier molecular flexibility index (Phi) is 6.54. The largest absolute Gasteiger partial charge is 0.494 e. The van der Waals surface area contributed by atoms with Crippen molar-refractivity contribution in [1.29, 1.82) is 10.5 Å². The molecule has 0 aliphatic heterocycles. The van der Waals surface area contributed by atoms with Gasteiger partial charge in [-0.05, 0) is 42.0 Å². The topological polar surface area (TPSA) is 81.7 Å². The lowest BCUT2D eigenvalue weighted by atomic mass is 9.96. The number of ether oxygens (including phenoxy) is 1. The molecule has 0 aliphatic carbocycles. The van der Waals surface area contributed by atoms with Gasteiger partial charge in [0, 0.05) is 16.1 Å². The van der Waals surface area contributed by atoms with Crippen molar-refractivity contribution < 1.29 is 9.13 Å². The Labute approximate surface area is 195 Å². The number of pyridine rings is 1. The van der Waals surface area contributed by atoms with Crippen LogP contribution in [-0.2, 0) is 0 Å². The minimum absolute atomic E-state index is 0.0203. The van der Waals surface area contributed by atoms with Crippen LogP contribution in [0.15, 0.2) is 88.8 Å². The van der Waals surface area contributed by atoms with E-state index in [1.165, 1.54) is 37.1 Å². The van der Waals surface area contributed by atoms with Gasteiger partial charge in [-0.3, -0.25) is 0 Å². The first-order chi connectivity index (χ1) is 16.1. The van der Waals surface area contributed by atoms with Crippen LogP contribution in [0.1, 0.15) is 11.1 Å². The van der Waals surface area contributed by atoms with Crippen LogP contribution in [0.5, 0.6) is 5.75 Å². The summed E-state index contributed by atoms with van der Waals surface area (Å²) >= 11 is 1.32. The first-order valence-corrected chi connectivity index (χ1v) is 10.7. The molecule has 0 fully saturated rings. The molecule has 1 aromatic heterocycles. The van der Waals surface area contributed by atoms with Crippen molar-refractivity contribution in [2.24, 2.45) is 0 Å². The van der Waals surface area contributed by atoms with E-state index in [0.29, 0.717) is 22.0 Å². The van der Waals surface area contributed by atoms with Gasteiger partial charge in [0.05, 0.1) is 12.7 Å². The van der Waals surface area contributed by atoms with Crippen molar-refractivity contribution in [1.82, 2.24) is 4.98 Å². The van der Waals surface area contributed by atoms with Crippen LogP contribution in [0.2, 0.25) is 0 Å². The van der Waals surface area contributed by atoms with Gasteiger partial charge < -0.3 is 10.1 Å². The monoisotopic (exact) mass is 452 g/mol. The van der Waals surface area contributed by atoms with E-state index in [4.69, 9.17) is 4.74 Å². The molecule has 0 atom stereocenters. The van der Waals surface area contributed by atoms with Gasteiger partial charge in [0.1, 0.15) is 28.5 Å². The summed E-state index contributed by atoms with van der Waals surface area (Å²) in [5.74, 6) is -0.208. The third-order valence-corrected chi connectivity index (χ3v) is 5.82. The second kappa shape index (κ2) is 9.86. The normalized spacial score (nSPS) is 10.2. The third kappa shape index (κ3) is 4.64. The molecule has 1 N–H and O–H groups in total. The summed E-state index contributed by atoms with van der Waals surface area (Å²) in [5.41, 5.74) is 2.00. The number of hydrogen-bond donors (Lipinski definition) is 1. The van der Waals surface area contributed by atoms with Gasteiger partial charge in [-0.1, -0.05) is 54.2 Å². The molecule has 160 valence electrons. The van der Waals surface area contributed by atoms with Crippen molar-refractivity contribution >= 4 is 23.3 Å². The highest BCUT2D eigenvalue weighted by atomic mass is 32.2. The van der Waals surface area contributed by atoms with Crippen LogP contribution in [-0.4, -0.2) is 12.1 Å². The molecule has 4 rings (SSSR count). The Morgan fingerprint density at radius 3 is 2.21 bits per heavy atom. The molecule has 0 unspecified atom stereocenters. The first kappa shape index (κ1) is 21.9. The predicted molar refractivity (Wildman–Crippen MR) is 126 cm³/mol. The second-order valence-corrected chi connectivity index (χ2v) is 7.93. The fraction of sp³-hybridized carbons (Fsp3) is 0.0385. The minimum atomic E-state index is -0.533. The zero-order chi connectivity index (χ0) is 23.2. The summed E-state index contributed by atoms with van der Waals surface area (Å²) in [7, 11) is 1.37. The molecule has 5 nitrogen and oxygen atoms in total. The molecule has 0 saturated carbocycles. The minimum Gasteiger partial charge on any atom is -0.494 e. The molecule has 4 aromatic rings. The van der Waals surface area contributed by atoms with Gasteiger partial charge in [-0.15, -0.1) is 0 Å². The molecular weight excluding hydrogens is 435 g/mol. The molecule has 1 heterocycles. The lowest BCUT2D eigenvalue weighted by Gasteiger charge is -2.16. The highest BCUT2D eigenvalue weighted by Crippen LogP contribution is 2.40. The Bertz CT molecular complexity index is 1300. The standard InChI is InChI=1S/C26H17FN4OS/c1-32-23-14-17(12-13-22(23)27)24-20(15-28)25(30-18-8-4-2-5-9-18)31-26(21(24)16-29)33-19-10-6-3-7-11-19/h2-14H,1H3,(H,30,31). The van der Waals surface area contributed by atoms with Crippen molar-refractivity contribution in [3.8, 4) is 29.0 Å². The Hall–Kier alpha value is -4.33. The molecule has 0 radical (unpaired) electrons. The van der Waals surface area contributed by atoms with Crippen LogP contribution < -0.4 is 10.1 Å². The van der Waals surface area contributed by atoms with Crippen LogP contribution in [0.25, 0.3) is 11.1 Å². The number of halogens is 1. The number of para-hydroxylation sites is 1. The zero-order valence-electron chi connectivity index (χ0n) is 17.5. The predicted octanol–water partition coefficient (Wildman–Crippen LogP) is 6.53. The maximum atomic E-state index is 14.1. The summed E-state index contributed by atoms with van der Waals surface area (Å²) in [6, 6.07) is 27.5. The number of rotatable bonds is 6. The van der Waals surface area contributed by atoms with Gasteiger partial charge in [0.25, 0.3) is 0 Å². The van der Waals surface area contributed by atoms with Gasteiger partial charge in [-0.25, -0.2) is 9.37 Å². The fourth-order valence-electron chi connectivity index (χ4n) is 3.30. The van der Waals surface area contributed by atoms with E-state index in [2.05, 4.69) is 22.4 Å². The number of anilines is 2. The smallest absolute Gasteiger partial charge is 0.165 e. The molecule has 0 aliphatic rings. The van der Waals surface area contributed by atoms with Crippen LogP contribution in [0, 0.1) is 28.5 Å². The lowest BCUT2D eigenvalue weighted by molar-refractivity contribution is 0.387. The van der Waals surface area contributed by atoms with Gasteiger partial charge in [0.15, 0.2) is 11.6 Å². The van der Waals surface area contributed by atoms with Gasteiger partial charge in [0.2, 0.25) is 0 Å². The maximum Gasteiger partial charge on any atom is 0.165 e. The summed E-state index contributed by atoms with van der Waals surface area (Å²) in [6.07, 6.45) is 0. The Balaban J connectivity index is 1.98. The van der Waals surface area contributed by atoms with Crippen molar-refractivity contribution in [2.45, 2.75) is 9.92 Å². The molecule has 0 saturated heterocycles. The molecule has 33 heavy (non-hydrogen) atoms. The lowest BCUT2D eigenvalue weighted by Crippen LogP contribution is -2.04. The van der Waals surface area contributed by atoms with E-state index in [1.807, 2.05) is 60.7 Å². The van der Waals surface area contributed by atoms with E-state index in [0.717, 1.165) is 10.6 Å². The number of nitriles is 2. The summed E-state index contributed by atoms with van der Waals surface area (Å²) < 4.78 is 19.2. The van der Waals surface area contributed by atoms with Crippen LogP contribution in [0.4, 0.5) is 15.9 Å². The van der Waals surface area contributed by atoms with Crippen molar-refractivity contribution in [3.05, 3.63) is 95.8 Å². The number of aromatic nitrogens is 1. The molecule has 0 bridgehead atoms. The SMILES string of the molecule is COc1cc(-c2c(C#N)c(Nc3ccccc3)nc(Sc3ccccc3)c2C#N)ccc1F. The number of benzene rings is 3. The van der Waals surface area contributed by atoms with Crippen molar-refractivity contribution in [3.63, 3.8) is 0 Å². The highest BCUT2D eigenvalue weighted by molar-refractivity contribution is 7.99. The van der Waals surface area contributed by atoms with Crippen molar-refractivity contribution in [2.75, 3.05) is 12.4 Å². The number of hydrogen-bond acceptors (Lipinski definition) is 6. The number of nitrogens with one attached hydrogen (secondary N) is 1. The summed E-state index contributed by atoms with van der Waals surface area (Å²) in [4.78, 5) is 5.54. The van der Waals surface area contributed by atoms with E-state index in [1.54, 1.807) is 0 Å². The maximum absolute atomic E-state index is 14.1. The van der Waals surface area contributed by atoms with E-state index in [-0.39, 0.29) is 16.9 Å². The van der Waals surface area contributed by atoms with Crippen LogP contribution >= 0.6 is 11.8 Å². The molecule has 0 spiro atoms. The average molecular weight is 453 g/mol. The first-order valence-electron chi connectivity index (χ1n) is 9.91. The Morgan fingerprint density at radius 2 is 1.58 bits per heavy atom. The second-order valence-electron chi connectivity index (χ2n) is 6.87. The Morgan fingerprint density at radius 1 is 0.909 bits per heavy atom. The van der Waals surface area contributed by atoms with Crippen LogP contribution in [0.3, 0.4) is 0 Å².